The second-order valence-electron chi connectivity index (χ2n) is 6.32. The Kier molecular flexibility index (Phi) is 9.86. The van der Waals surface area contributed by atoms with E-state index in [1.54, 1.807) is 39.7 Å². The lowest BCUT2D eigenvalue weighted by Crippen LogP contribution is -2.36. The maximum absolute atomic E-state index is 5.41. The number of aromatic nitrogens is 1. The third kappa shape index (κ3) is 6.47. The molecule has 0 bridgehead atoms. The van der Waals surface area contributed by atoms with Crippen LogP contribution in [-0.4, -0.2) is 39.3 Å². The number of ether oxygens (including phenoxy) is 3. The molecular formula is C22H27IN4O3S. The SMILES string of the molecule is CN=C(NCc1cc(OC)c(OC)c(OC)c1)NCc1csc(-c2ccccc2)n1.I. The lowest BCUT2D eigenvalue weighted by atomic mass is 10.2. The number of nitrogens with one attached hydrogen (secondary N) is 2. The molecule has 0 aliphatic heterocycles. The van der Waals surface area contributed by atoms with Crippen molar-refractivity contribution < 1.29 is 14.2 Å². The summed E-state index contributed by atoms with van der Waals surface area (Å²) in [4.78, 5) is 8.98. The lowest BCUT2D eigenvalue weighted by molar-refractivity contribution is 0.323. The van der Waals surface area contributed by atoms with E-state index in [1.165, 1.54) is 0 Å². The van der Waals surface area contributed by atoms with Crippen molar-refractivity contribution in [1.82, 2.24) is 15.6 Å². The number of guanidine groups is 1. The van der Waals surface area contributed by atoms with E-state index in [9.17, 15) is 0 Å². The minimum Gasteiger partial charge on any atom is -0.493 e. The van der Waals surface area contributed by atoms with Gasteiger partial charge in [0.2, 0.25) is 5.75 Å². The van der Waals surface area contributed by atoms with E-state index in [0.717, 1.165) is 21.8 Å². The maximum atomic E-state index is 5.41. The average molecular weight is 554 g/mol. The normalized spacial score (nSPS) is 10.8. The molecule has 3 aromatic rings. The summed E-state index contributed by atoms with van der Waals surface area (Å²) in [6.07, 6.45) is 0. The summed E-state index contributed by atoms with van der Waals surface area (Å²) in [5, 5.41) is 9.66. The molecule has 0 aliphatic carbocycles. The van der Waals surface area contributed by atoms with Gasteiger partial charge in [0.25, 0.3) is 0 Å². The monoisotopic (exact) mass is 554 g/mol. The van der Waals surface area contributed by atoms with Crippen LogP contribution in [0.4, 0.5) is 0 Å². The molecule has 166 valence electrons. The molecule has 0 atom stereocenters. The van der Waals surface area contributed by atoms with Gasteiger partial charge in [-0.1, -0.05) is 30.3 Å². The van der Waals surface area contributed by atoms with E-state index in [-0.39, 0.29) is 24.0 Å². The second kappa shape index (κ2) is 12.4. The predicted molar refractivity (Wildman–Crippen MR) is 136 cm³/mol. The third-order valence-corrected chi connectivity index (χ3v) is 5.36. The van der Waals surface area contributed by atoms with Crippen LogP contribution in [0, 0.1) is 0 Å². The van der Waals surface area contributed by atoms with Crippen molar-refractivity contribution >= 4 is 41.3 Å². The standard InChI is InChI=1S/C22H26N4O3S.HI/c1-23-22(24-12-15-10-18(27-2)20(29-4)19(11-15)28-3)25-13-17-14-30-21(26-17)16-8-6-5-7-9-16;/h5-11,14H,12-13H2,1-4H3,(H2,23,24,25);1H. The number of hydrogen-bond donors (Lipinski definition) is 2. The zero-order valence-electron chi connectivity index (χ0n) is 18.0. The molecule has 0 fully saturated rings. The molecule has 0 unspecified atom stereocenters. The van der Waals surface area contributed by atoms with Gasteiger partial charge in [-0.3, -0.25) is 4.99 Å². The van der Waals surface area contributed by atoms with Gasteiger partial charge < -0.3 is 24.8 Å². The summed E-state index contributed by atoms with van der Waals surface area (Å²) in [7, 11) is 6.53. The van der Waals surface area contributed by atoms with Gasteiger partial charge in [0, 0.05) is 24.5 Å². The van der Waals surface area contributed by atoms with Crippen molar-refractivity contribution in [3.05, 3.63) is 59.1 Å². The zero-order valence-corrected chi connectivity index (χ0v) is 21.1. The van der Waals surface area contributed by atoms with Crippen LogP contribution in [0.1, 0.15) is 11.3 Å². The van der Waals surface area contributed by atoms with Gasteiger partial charge in [0.1, 0.15) is 5.01 Å². The number of methoxy groups -OCH3 is 3. The van der Waals surface area contributed by atoms with Crippen LogP contribution in [-0.2, 0) is 13.1 Å². The molecule has 1 aromatic heterocycles. The summed E-state index contributed by atoms with van der Waals surface area (Å²) < 4.78 is 16.2. The first-order valence-electron chi connectivity index (χ1n) is 9.41. The number of hydrogen-bond acceptors (Lipinski definition) is 6. The van der Waals surface area contributed by atoms with Crippen molar-refractivity contribution in [2.45, 2.75) is 13.1 Å². The van der Waals surface area contributed by atoms with Crippen LogP contribution >= 0.6 is 35.3 Å². The van der Waals surface area contributed by atoms with Crippen LogP contribution in [0.15, 0.2) is 52.8 Å². The molecule has 0 amide bonds. The highest BCUT2D eigenvalue weighted by molar-refractivity contribution is 14.0. The number of rotatable bonds is 8. The number of aliphatic imine (C=N–C) groups is 1. The van der Waals surface area contributed by atoms with Crippen LogP contribution in [0.2, 0.25) is 0 Å². The molecule has 2 N–H and O–H groups in total. The Hall–Kier alpha value is -2.53. The Morgan fingerprint density at radius 3 is 2.19 bits per heavy atom. The maximum Gasteiger partial charge on any atom is 0.203 e. The average Bonchev–Trinajstić information content (AvgIpc) is 3.28. The van der Waals surface area contributed by atoms with Gasteiger partial charge in [0.15, 0.2) is 17.5 Å². The molecular weight excluding hydrogens is 527 g/mol. The van der Waals surface area contributed by atoms with Crippen molar-refractivity contribution in [2.75, 3.05) is 28.4 Å². The van der Waals surface area contributed by atoms with Crippen molar-refractivity contribution in [2.24, 2.45) is 4.99 Å². The van der Waals surface area contributed by atoms with E-state index in [0.29, 0.717) is 36.3 Å². The predicted octanol–water partition coefficient (Wildman–Crippen LogP) is 4.32. The minimum atomic E-state index is 0. The van der Waals surface area contributed by atoms with Gasteiger partial charge in [-0.15, -0.1) is 35.3 Å². The highest BCUT2D eigenvalue weighted by atomic mass is 127. The van der Waals surface area contributed by atoms with Crippen LogP contribution in [0.5, 0.6) is 17.2 Å². The van der Waals surface area contributed by atoms with Gasteiger partial charge in [-0.25, -0.2) is 4.98 Å². The van der Waals surface area contributed by atoms with Crippen molar-refractivity contribution in [1.29, 1.82) is 0 Å². The van der Waals surface area contributed by atoms with Crippen molar-refractivity contribution in [3.8, 4) is 27.8 Å². The van der Waals surface area contributed by atoms with E-state index in [2.05, 4.69) is 33.1 Å². The summed E-state index contributed by atoms with van der Waals surface area (Å²) in [5.41, 5.74) is 3.07. The summed E-state index contributed by atoms with van der Waals surface area (Å²) in [6.45, 7) is 1.13. The van der Waals surface area contributed by atoms with Crippen LogP contribution in [0.25, 0.3) is 10.6 Å². The molecule has 2 aromatic carbocycles. The first-order chi connectivity index (χ1) is 14.7. The lowest BCUT2D eigenvalue weighted by Gasteiger charge is -2.15. The van der Waals surface area contributed by atoms with Gasteiger partial charge >= 0.3 is 0 Å². The minimum absolute atomic E-state index is 0. The summed E-state index contributed by atoms with van der Waals surface area (Å²) in [6, 6.07) is 14.0. The summed E-state index contributed by atoms with van der Waals surface area (Å²) in [5.74, 6) is 2.49. The van der Waals surface area contributed by atoms with Gasteiger partial charge in [-0.2, -0.15) is 0 Å². The Labute approximate surface area is 203 Å². The van der Waals surface area contributed by atoms with E-state index >= 15 is 0 Å². The van der Waals surface area contributed by atoms with Crippen LogP contribution in [0.3, 0.4) is 0 Å². The largest absolute Gasteiger partial charge is 0.493 e. The fraction of sp³-hybridized carbons (Fsp3) is 0.273. The second-order valence-corrected chi connectivity index (χ2v) is 7.18. The topological polar surface area (TPSA) is 77.0 Å². The molecule has 1 heterocycles. The summed E-state index contributed by atoms with van der Waals surface area (Å²) >= 11 is 1.63. The van der Waals surface area contributed by atoms with E-state index < -0.39 is 0 Å². The zero-order chi connectivity index (χ0) is 21.3. The molecule has 0 saturated heterocycles. The number of nitrogens with zero attached hydrogens (tertiary/aromatic N) is 2. The van der Waals surface area contributed by atoms with Gasteiger partial charge in [0.05, 0.1) is 33.6 Å². The number of halogens is 1. The third-order valence-electron chi connectivity index (χ3n) is 4.42. The fourth-order valence-corrected chi connectivity index (χ4v) is 3.75. The molecule has 0 aliphatic rings. The number of benzene rings is 2. The molecule has 9 heteroatoms. The fourth-order valence-electron chi connectivity index (χ4n) is 2.92. The van der Waals surface area contributed by atoms with E-state index in [1.807, 2.05) is 30.3 Å². The first kappa shape index (κ1) is 24.7. The Morgan fingerprint density at radius 2 is 1.61 bits per heavy atom. The quantitative estimate of drug-likeness (QED) is 0.246. The molecule has 7 nitrogen and oxygen atoms in total. The molecule has 0 saturated carbocycles. The van der Waals surface area contributed by atoms with Crippen LogP contribution < -0.4 is 24.8 Å². The Morgan fingerprint density at radius 1 is 0.968 bits per heavy atom. The Balaban J connectivity index is 0.00000341. The van der Waals surface area contributed by atoms with E-state index in [4.69, 9.17) is 19.2 Å². The molecule has 3 rings (SSSR count). The Bertz CT molecular complexity index is 970. The highest BCUT2D eigenvalue weighted by Crippen LogP contribution is 2.38. The molecule has 0 spiro atoms. The van der Waals surface area contributed by atoms with Gasteiger partial charge in [-0.05, 0) is 17.7 Å². The van der Waals surface area contributed by atoms with Crippen molar-refractivity contribution in [3.63, 3.8) is 0 Å². The molecule has 31 heavy (non-hydrogen) atoms. The smallest absolute Gasteiger partial charge is 0.203 e. The number of thiazole rings is 1. The molecule has 0 radical (unpaired) electrons. The highest BCUT2D eigenvalue weighted by Gasteiger charge is 2.13. The first-order valence-corrected chi connectivity index (χ1v) is 10.3.